The summed E-state index contributed by atoms with van der Waals surface area (Å²) in [6.07, 6.45) is 6.10. The molecule has 4 nitrogen and oxygen atoms in total. The van der Waals surface area contributed by atoms with Gasteiger partial charge in [0.05, 0.1) is 10.5 Å². The van der Waals surface area contributed by atoms with Gasteiger partial charge < -0.3 is 4.74 Å². The molecule has 4 saturated carbocycles. The predicted octanol–water partition coefficient (Wildman–Crippen LogP) is 3.46. The molecule has 1 aromatic carbocycles. The maximum absolute atomic E-state index is 12.6. The van der Waals surface area contributed by atoms with Gasteiger partial charge in [0.25, 0.3) is 0 Å². The van der Waals surface area contributed by atoms with Crippen LogP contribution in [0.2, 0.25) is 5.02 Å². The van der Waals surface area contributed by atoms with Crippen LogP contribution in [-0.2, 0) is 14.8 Å². The van der Waals surface area contributed by atoms with Crippen LogP contribution in [0.1, 0.15) is 32.1 Å². The molecule has 5 rings (SSSR count). The summed E-state index contributed by atoms with van der Waals surface area (Å²) in [5, 5.41) is 0.531. The summed E-state index contributed by atoms with van der Waals surface area (Å²) >= 11 is 5.85. The first-order chi connectivity index (χ1) is 11.4. The second-order valence-corrected chi connectivity index (χ2v) is 9.95. The highest BCUT2D eigenvalue weighted by Crippen LogP contribution is 2.59. The van der Waals surface area contributed by atoms with Crippen molar-refractivity contribution in [1.82, 2.24) is 4.72 Å². The van der Waals surface area contributed by atoms with Gasteiger partial charge in [0, 0.05) is 18.7 Å². The van der Waals surface area contributed by atoms with Crippen molar-refractivity contribution in [3.8, 4) is 0 Å². The number of methoxy groups -OCH3 is 1. The molecule has 132 valence electrons. The van der Waals surface area contributed by atoms with E-state index in [0.717, 1.165) is 11.8 Å². The minimum absolute atomic E-state index is 0.252. The monoisotopic (exact) mass is 369 g/mol. The van der Waals surface area contributed by atoms with Crippen LogP contribution >= 0.6 is 11.6 Å². The summed E-state index contributed by atoms with van der Waals surface area (Å²) in [4.78, 5) is 0.252. The summed E-state index contributed by atoms with van der Waals surface area (Å²) in [5.41, 5.74) is -0.340. The van der Waals surface area contributed by atoms with Crippen LogP contribution in [0.4, 0.5) is 0 Å². The van der Waals surface area contributed by atoms with E-state index in [0.29, 0.717) is 23.4 Å². The number of halogens is 1. The summed E-state index contributed by atoms with van der Waals surface area (Å²) in [5.74, 6) is 2.60. The molecule has 0 heterocycles. The molecule has 24 heavy (non-hydrogen) atoms. The normalized spacial score (nSPS) is 37.8. The van der Waals surface area contributed by atoms with E-state index in [1.807, 2.05) is 0 Å². The minimum Gasteiger partial charge on any atom is -0.376 e. The van der Waals surface area contributed by atoms with Gasteiger partial charge >= 0.3 is 0 Å². The zero-order valence-corrected chi connectivity index (χ0v) is 15.4. The molecule has 1 N–H and O–H groups in total. The van der Waals surface area contributed by atoms with E-state index >= 15 is 0 Å². The fourth-order valence-corrected chi connectivity index (χ4v) is 6.78. The molecule has 1 aromatic rings. The van der Waals surface area contributed by atoms with Gasteiger partial charge in [-0.15, -0.1) is 0 Å². The Hall–Kier alpha value is -0.620. The molecule has 4 aliphatic rings. The molecular formula is C18H24ClNO3S. The van der Waals surface area contributed by atoms with Crippen LogP contribution in [0, 0.1) is 23.7 Å². The van der Waals surface area contributed by atoms with E-state index < -0.39 is 10.0 Å². The number of hydrogen-bond acceptors (Lipinski definition) is 3. The van der Waals surface area contributed by atoms with E-state index in [4.69, 9.17) is 16.3 Å². The van der Waals surface area contributed by atoms with Crippen LogP contribution in [0.15, 0.2) is 29.2 Å². The smallest absolute Gasteiger partial charge is 0.240 e. The van der Waals surface area contributed by atoms with E-state index in [1.54, 1.807) is 31.4 Å². The highest BCUT2D eigenvalue weighted by molar-refractivity contribution is 7.89. The third kappa shape index (κ3) is 2.70. The minimum atomic E-state index is -3.55. The second-order valence-electron chi connectivity index (χ2n) is 7.74. The van der Waals surface area contributed by atoms with Gasteiger partial charge in [-0.3, -0.25) is 0 Å². The van der Waals surface area contributed by atoms with Crippen LogP contribution in [-0.4, -0.2) is 27.7 Å². The zero-order valence-electron chi connectivity index (χ0n) is 13.9. The molecular weight excluding hydrogens is 346 g/mol. The Bertz CT molecular complexity index is 688. The van der Waals surface area contributed by atoms with Gasteiger partial charge in [0.1, 0.15) is 0 Å². The lowest BCUT2D eigenvalue weighted by Gasteiger charge is -2.60. The Morgan fingerprint density at radius 3 is 2.12 bits per heavy atom. The number of sulfonamides is 1. The van der Waals surface area contributed by atoms with Crippen molar-refractivity contribution in [3.05, 3.63) is 29.3 Å². The van der Waals surface area contributed by atoms with Crippen LogP contribution < -0.4 is 4.72 Å². The van der Waals surface area contributed by atoms with Gasteiger partial charge in [-0.1, -0.05) is 11.6 Å². The topological polar surface area (TPSA) is 55.4 Å². The molecule has 0 aromatic heterocycles. The van der Waals surface area contributed by atoms with Crippen molar-refractivity contribution in [2.24, 2.45) is 23.7 Å². The van der Waals surface area contributed by atoms with Crippen molar-refractivity contribution < 1.29 is 13.2 Å². The van der Waals surface area contributed by atoms with Crippen molar-refractivity contribution in [2.45, 2.75) is 42.6 Å². The first kappa shape index (κ1) is 16.8. The lowest BCUT2D eigenvalue weighted by Crippen LogP contribution is -2.63. The van der Waals surface area contributed by atoms with Crippen molar-refractivity contribution >= 4 is 21.6 Å². The van der Waals surface area contributed by atoms with Gasteiger partial charge in [-0.2, -0.15) is 0 Å². The first-order valence-corrected chi connectivity index (χ1v) is 10.6. The molecule has 0 saturated heterocycles. The highest BCUT2D eigenvalue weighted by Gasteiger charge is 2.57. The Kier molecular flexibility index (Phi) is 4.19. The Morgan fingerprint density at radius 2 is 1.62 bits per heavy atom. The van der Waals surface area contributed by atoms with Crippen LogP contribution in [0.3, 0.4) is 0 Å². The standard InChI is InChI=1S/C18H24ClNO3S/c1-23-18(14-7-12-6-13(9-14)10-15(18)8-12)11-20-24(21,22)17-4-2-16(19)3-5-17/h2-5,12-15,20H,6-11H2,1H3. The van der Waals surface area contributed by atoms with Crippen LogP contribution in [0.5, 0.6) is 0 Å². The lowest BCUT2D eigenvalue weighted by atomic mass is 9.50. The fourth-order valence-electron chi connectivity index (χ4n) is 5.58. The van der Waals surface area contributed by atoms with Crippen molar-refractivity contribution in [3.63, 3.8) is 0 Å². The van der Waals surface area contributed by atoms with Gasteiger partial charge in [0.2, 0.25) is 10.0 Å². The van der Waals surface area contributed by atoms with Gasteiger partial charge in [-0.05, 0) is 80.0 Å². The van der Waals surface area contributed by atoms with E-state index in [9.17, 15) is 8.42 Å². The van der Waals surface area contributed by atoms with Gasteiger partial charge in [-0.25, -0.2) is 13.1 Å². The van der Waals surface area contributed by atoms with E-state index in [2.05, 4.69) is 4.72 Å². The fraction of sp³-hybridized carbons (Fsp3) is 0.667. The molecule has 4 aliphatic carbocycles. The summed E-state index contributed by atoms with van der Waals surface area (Å²) in [6.45, 7) is 0.364. The predicted molar refractivity (Wildman–Crippen MR) is 93.4 cm³/mol. The molecule has 0 unspecified atom stereocenters. The van der Waals surface area contributed by atoms with Crippen molar-refractivity contribution in [2.75, 3.05) is 13.7 Å². The number of ether oxygens (including phenoxy) is 1. The molecule has 0 atom stereocenters. The molecule has 4 bridgehead atoms. The largest absolute Gasteiger partial charge is 0.376 e. The molecule has 4 fully saturated rings. The molecule has 0 amide bonds. The zero-order chi connectivity index (χ0) is 16.9. The maximum Gasteiger partial charge on any atom is 0.240 e. The Balaban J connectivity index is 1.54. The van der Waals surface area contributed by atoms with E-state index in [1.165, 1.54) is 32.1 Å². The highest BCUT2D eigenvalue weighted by atomic mass is 35.5. The Morgan fingerprint density at radius 1 is 1.08 bits per heavy atom. The molecule has 0 radical (unpaired) electrons. The second kappa shape index (κ2) is 5.97. The van der Waals surface area contributed by atoms with E-state index in [-0.39, 0.29) is 10.5 Å². The maximum atomic E-state index is 12.6. The number of nitrogens with one attached hydrogen (secondary N) is 1. The van der Waals surface area contributed by atoms with Crippen molar-refractivity contribution in [1.29, 1.82) is 0 Å². The van der Waals surface area contributed by atoms with Crippen LogP contribution in [0.25, 0.3) is 0 Å². The number of hydrogen-bond donors (Lipinski definition) is 1. The third-order valence-corrected chi connectivity index (χ3v) is 8.23. The average molecular weight is 370 g/mol. The average Bonchev–Trinajstić information content (AvgIpc) is 2.55. The summed E-state index contributed by atoms with van der Waals surface area (Å²) in [6, 6.07) is 6.29. The first-order valence-electron chi connectivity index (χ1n) is 8.73. The third-order valence-electron chi connectivity index (χ3n) is 6.56. The summed E-state index contributed by atoms with van der Waals surface area (Å²) in [7, 11) is -1.80. The lowest BCUT2D eigenvalue weighted by molar-refractivity contribution is -0.185. The number of rotatable bonds is 5. The Labute approximate surface area is 149 Å². The molecule has 6 heteroatoms. The van der Waals surface area contributed by atoms with Gasteiger partial charge in [0.15, 0.2) is 0 Å². The molecule has 0 spiro atoms. The number of benzene rings is 1. The summed E-state index contributed by atoms with van der Waals surface area (Å²) < 4.78 is 34.1. The SMILES string of the molecule is COC1(CNS(=O)(=O)c2ccc(Cl)cc2)C2CC3CC(C2)CC1C3. The molecule has 0 aliphatic heterocycles. The quantitative estimate of drug-likeness (QED) is 0.864.